The molecule has 0 amide bonds. The minimum Gasteiger partial charge on any atom is -0.478 e. The molecule has 0 bridgehead atoms. The standard InChI is InChI=1S/C21H17BrN2O2/c1-24-11-14(9-13-5-4-6-15(22)10-13)20-17(12-24)19(21(25)26)16-7-2-3-8-18(16)23-20/h2-10H,11-12H2,1H3,(H,25,26)/b14-9-. The van der Waals surface area contributed by atoms with Crippen LogP contribution in [0.1, 0.15) is 27.2 Å². The number of nitrogens with zero attached hydrogens (tertiary/aromatic N) is 2. The molecule has 4 rings (SSSR count). The van der Waals surface area contributed by atoms with Crippen LogP contribution in [0.4, 0.5) is 0 Å². The molecule has 0 unspecified atom stereocenters. The molecule has 0 atom stereocenters. The Balaban J connectivity index is 1.99. The SMILES string of the molecule is CN1C/C(=C/c2cccc(Br)c2)c2nc3ccccc3c(C(=O)O)c2C1. The molecular weight excluding hydrogens is 392 g/mol. The molecule has 5 heteroatoms. The highest BCUT2D eigenvalue weighted by molar-refractivity contribution is 9.10. The Morgan fingerprint density at radius 2 is 2.00 bits per heavy atom. The van der Waals surface area contributed by atoms with Crippen LogP contribution in [0.25, 0.3) is 22.6 Å². The summed E-state index contributed by atoms with van der Waals surface area (Å²) in [5.74, 6) is -0.906. The lowest BCUT2D eigenvalue weighted by Gasteiger charge is -2.28. The normalized spacial score (nSPS) is 16.0. The zero-order valence-electron chi connectivity index (χ0n) is 14.2. The summed E-state index contributed by atoms with van der Waals surface area (Å²) in [6.07, 6.45) is 2.09. The average molecular weight is 409 g/mol. The number of benzene rings is 2. The quantitative estimate of drug-likeness (QED) is 0.668. The van der Waals surface area contributed by atoms with Crippen molar-refractivity contribution in [1.82, 2.24) is 9.88 Å². The highest BCUT2D eigenvalue weighted by atomic mass is 79.9. The smallest absolute Gasteiger partial charge is 0.336 e. The Kier molecular flexibility index (Phi) is 4.34. The zero-order chi connectivity index (χ0) is 18.3. The van der Waals surface area contributed by atoms with Crippen molar-refractivity contribution in [3.05, 3.63) is 75.4 Å². The first kappa shape index (κ1) is 16.9. The van der Waals surface area contributed by atoms with Crippen molar-refractivity contribution in [1.29, 1.82) is 0 Å². The van der Waals surface area contributed by atoms with Gasteiger partial charge in [0.05, 0.1) is 16.8 Å². The molecular formula is C21H17BrN2O2. The van der Waals surface area contributed by atoms with E-state index in [4.69, 9.17) is 4.98 Å². The summed E-state index contributed by atoms with van der Waals surface area (Å²) in [6, 6.07) is 15.5. The maximum absolute atomic E-state index is 12.0. The van der Waals surface area contributed by atoms with E-state index < -0.39 is 5.97 Å². The van der Waals surface area contributed by atoms with Crippen LogP contribution >= 0.6 is 15.9 Å². The lowest BCUT2D eigenvalue weighted by Crippen LogP contribution is -2.28. The number of carbonyl (C=O) groups is 1. The van der Waals surface area contributed by atoms with E-state index in [1.54, 1.807) is 0 Å². The minimum absolute atomic E-state index is 0.359. The minimum atomic E-state index is -0.906. The molecule has 4 nitrogen and oxygen atoms in total. The Labute approximate surface area is 159 Å². The first-order chi connectivity index (χ1) is 12.5. The van der Waals surface area contributed by atoms with E-state index in [2.05, 4.69) is 26.9 Å². The Morgan fingerprint density at radius 1 is 1.19 bits per heavy atom. The van der Waals surface area contributed by atoms with Gasteiger partial charge in [-0.25, -0.2) is 9.78 Å². The van der Waals surface area contributed by atoms with Crippen LogP contribution in [0.3, 0.4) is 0 Å². The summed E-state index contributed by atoms with van der Waals surface area (Å²) in [7, 11) is 2.00. The van der Waals surface area contributed by atoms with Gasteiger partial charge in [-0.15, -0.1) is 0 Å². The van der Waals surface area contributed by atoms with Gasteiger partial charge in [-0.2, -0.15) is 0 Å². The summed E-state index contributed by atoms with van der Waals surface area (Å²) >= 11 is 3.50. The number of likely N-dealkylation sites (N-methyl/N-ethyl adjacent to an activating group) is 1. The van der Waals surface area contributed by atoms with Crippen molar-refractivity contribution in [3.63, 3.8) is 0 Å². The maximum atomic E-state index is 12.0. The van der Waals surface area contributed by atoms with E-state index in [1.807, 2.05) is 55.6 Å². The average Bonchev–Trinajstić information content (AvgIpc) is 2.59. The van der Waals surface area contributed by atoms with Crippen molar-refractivity contribution < 1.29 is 9.90 Å². The van der Waals surface area contributed by atoms with Gasteiger partial charge in [0.1, 0.15) is 0 Å². The van der Waals surface area contributed by atoms with E-state index in [-0.39, 0.29) is 0 Å². The number of hydrogen-bond donors (Lipinski definition) is 1. The van der Waals surface area contributed by atoms with Gasteiger partial charge in [0, 0.05) is 28.5 Å². The lowest BCUT2D eigenvalue weighted by molar-refractivity contribution is 0.0696. The van der Waals surface area contributed by atoms with Gasteiger partial charge in [0.15, 0.2) is 0 Å². The second-order valence-corrected chi connectivity index (χ2v) is 7.45. The third kappa shape index (κ3) is 3.04. The molecule has 0 saturated carbocycles. The molecule has 0 fully saturated rings. The maximum Gasteiger partial charge on any atom is 0.336 e. The fourth-order valence-electron chi connectivity index (χ4n) is 3.52. The third-order valence-electron chi connectivity index (χ3n) is 4.57. The number of aromatic nitrogens is 1. The van der Waals surface area contributed by atoms with E-state index in [9.17, 15) is 9.90 Å². The van der Waals surface area contributed by atoms with Crippen LogP contribution < -0.4 is 0 Å². The molecule has 2 aromatic carbocycles. The predicted octanol–water partition coefficient (Wildman–Crippen LogP) is 4.68. The molecule has 1 N–H and O–H groups in total. The highest BCUT2D eigenvalue weighted by Gasteiger charge is 2.26. The van der Waals surface area contributed by atoms with E-state index in [0.29, 0.717) is 23.0 Å². The molecule has 3 aromatic rings. The number of aromatic carboxylic acids is 1. The van der Waals surface area contributed by atoms with Gasteiger partial charge < -0.3 is 5.11 Å². The molecule has 1 aliphatic heterocycles. The Morgan fingerprint density at radius 3 is 2.77 bits per heavy atom. The van der Waals surface area contributed by atoms with Gasteiger partial charge >= 0.3 is 5.97 Å². The molecule has 1 aromatic heterocycles. The van der Waals surface area contributed by atoms with Crippen molar-refractivity contribution in [2.24, 2.45) is 0 Å². The number of halogens is 1. The highest BCUT2D eigenvalue weighted by Crippen LogP contribution is 2.33. The first-order valence-corrected chi connectivity index (χ1v) is 9.12. The van der Waals surface area contributed by atoms with Gasteiger partial charge in [-0.1, -0.05) is 46.3 Å². The van der Waals surface area contributed by atoms with Crippen LogP contribution in [0.15, 0.2) is 53.0 Å². The van der Waals surface area contributed by atoms with E-state index in [0.717, 1.165) is 33.4 Å². The van der Waals surface area contributed by atoms with Gasteiger partial charge in [-0.05, 0) is 42.5 Å². The number of fused-ring (bicyclic) bond motifs is 2. The van der Waals surface area contributed by atoms with E-state index in [1.165, 1.54) is 0 Å². The molecule has 0 radical (unpaired) electrons. The monoisotopic (exact) mass is 408 g/mol. The fourth-order valence-corrected chi connectivity index (χ4v) is 3.94. The third-order valence-corrected chi connectivity index (χ3v) is 5.06. The summed E-state index contributed by atoms with van der Waals surface area (Å²) in [4.78, 5) is 19.0. The molecule has 26 heavy (non-hydrogen) atoms. The first-order valence-electron chi connectivity index (χ1n) is 8.33. The van der Waals surface area contributed by atoms with Crippen LogP contribution in [0.5, 0.6) is 0 Å². The Hall–Kier alpha value is -2.50. The number of para-hydroxylation sites is 1. The number of carboxylic acid groups (broad SMARTS) is 1. The Bertz CT molecular complexity index is 1060. The van der Waals surface area contributed by atoms with Crippen LogP contribution in [0, 0.1) is 0 Å². The molecule has 0 aliphatic carbocycles. The summed E-state index contributed by atoms with van der Waals surface area (Å²) < 4.78 is 1.01. The van der Waals surface area contributed by atoms with Gasteiger partial charge in [0.25, 0.3) is 0 Å². The summed E-state index contributed by atoms with van der Waals surface area (Å²) in [5.41, 5.74) is 4.73. The predicted molar refractivity (Wildman–Crippen MR) is 107 cm³/mol. The zero-order valence-corrected chi connectivity index (χ0v) is 15.8. The number of hydrogen-bond acceptors (Lipinski definition) is 3. The van der Waals surface area contributed by atoms with Crippen LogP contribution in [-0.2, 0) is 6.54 Å². The van der Waals surface area contributed by atoms with Crippen LogP contribution in [-0.4, -0.2) is 34.6 Å². The van der Waals surface area contributed by atoms with Crippen molar-refractivity contribution >= 4 is 44.5 Å². The lowest BCUT2D eigenvalue weighted by atomic mass is 9.92. The van der Waals surface area contributed by atoms with Crippen LogP contribution in [0.2, 0.25) is 0 Å². The molecule has 0 saturated heterocycles. The van der Waals surface area contributed by atoms with Crippen molar-refractivity contribution in [3.8, 4) is 0 Å². The second kappa shape index (κ2) is 6.67. The van der Waals surface area contributed by atoms with Crippen molar-refractivity contribution in [2.45, 2.75) is 6.54 Å². The van der Waals surface area contributed by atoms with Crippen molar-refractivity contribution in [2.75, 3.05) is 13.6 Å². The molecule has 1 aliphatic rings. The molecule has 130 valence electrons. The number of pyridine rings is 1. The fraction of sp³-hybridized carbons (Fsp3) is 0.143. The number of rotatable bonds is 2. The largest absolute Gasteiger partial charge is 0.478 e. The molecule has 0 spiro atoms. The summed E-state index contributed by atoms with van der Waals surface area (Å²) in [6.45, 7) is 1.30. The van der Waals surface area contributed by atoms with Gasteiger partial charge in [-0.3, -0.25) is 4.90 Å². The topological polar surface area (TPSA) is 53.4 Å². The van der Waals surface area contributed by atoms with E-state index >= 15 is 0 Å². The number of carboxylic acids is 1. The summed E-state index contributed by atoms with van der Waals surface area (Å²) in [5, 5.41) is 10.6. The molecule has 2 heterocycles. The van der Waals surface area contributed by atoms with Gasteiger partial charge in [0.2, 0.25) is 0 Å². The second-order valence-electron chi connectivity index (χ2n) is 6.53.